The minimum atomic E-state index is -3.73. The van der Waals surface area contributed by atoms with Gasteiger partial charge in [-0.3, -0.25) is 0 Å². The van der Waals surface area contributed by atoms with Crippen molar-refractivity contribution in [3.63, 3.8) is 0 Å². The molecule has 0 amide bonds. The van der Waals surface area contributed by atoms with Crippen LogP contribution in [-0.4, -0.2) is 24.9 Å². The van der Waals surface area contributed by atoms with Gasteiger partial charge in [0.25, 0.3) is 0 Å². The molecule has 1 heterocycles. The number of rotatable bonds is 5. The Balaban J connectivity index is 2.28. The van der Waals surface area contributed by atoms with Crippen molar-refractivity contribution >= 4 is 37.6 Å². The molecule has 0 fully saturated rings. The number of halogens is 2. The molecular weight excluding hydrogens is 382 g/mol. The molecule has 0 aliphatic heterocycles. The van der Waals surface area contributed by atoms with E-state index in [1.807, 2.05) is 0 Å². The van der Waals surface area contributed by atoms with Crippen LogP contribution in [0.15, 0.2) is 44.3 Å². The van der Waals surface area contributed by atoms with Crippen molar-refractivity contribution in [1.82, 2.24) is 4.31 Å². The van der Waals surface area contributed by atoms with Gasteiger partial charge in [-0.15, -0.1) is 0 Å². The van der Waals surface area contributed by atoms with Crippen LogP contribution in [0.3, 0.4) is 0 Å². The van der Waals surface area contributed by atoms with Gasteiger partial charge in [0.1, 0.15) is 17.3 Å². The van der Waals surface area contributed by atoms with Crippen molar-refractivity contribution in [1.29, 1.82) is 0 Å². The van der Waals surface area contributed by atoms with E-state index in [1.54, 1.807) is 24.3 Å². The molecule has 0 saturated carbocycles. The summed E-state index contributed by atoms with van der Waals surface area (Å²) in [5, 5.41) is 9.55. The first kappa shape index (κ1) is 16.5. The zero-order chi connectivity index (χ0) is 15.6. The minimum Gasteiger partial charge on any atom is -0.450 e. The van der Waals surface area contributed by atoms with E-state index in [1.165, 1.54) is 17.4 Å². The van der Waals surface area contributed by atoms with E-state index < -0.39 is 10.0 Å². The highest BCUT2D eigenvalue weighted by Gasteiger charge is 2.27. The molecule has 0 unspecified atom stereocenters. The van der Waals surface area contributed by atoms with E-state index in [0.717, 1.165) is 5.56 Å². The second-order valence-corrected chi connectivity index (χ2v) is 7.57. The number of aliphatic hydroxyl groups excluding tert-OH is 1. The van der Waals surface area contributed by atoms with Gasteiger partial charge in [0.15, 0.2) is 4.67 Å². The van der Waals surface area contributed by atoms with E-state index in [2.05, 4.69) is 15.9 Å². The summed E-state index contributed by atoms with van der Waals surface area (Å²) in [5.41, 5.74) is 0.774. The lowest BCUT2D eigenvalue weighted by Crippen LogP contribution is -2.26. The number of nitrogens with zero attached hydrogens (tertiary/aromatic N) is 1. The summed E-state index contributed by atoms with van der Waals surface area (Å²) < 4.78 is 31.4. The first-order chi connectivity index (χ1) is 9.84. The maximum Gasteiger partial charge on any atom is 0.247 e. The average Bonchev–Trinajstić information content (AvgIpc) is 2.80. The molecule has 2 aromatic rings. The van der Waals surface area contributed by atoms with Gasteiger partial charge in [0.05, 0.1) is 0 Å². The van der Waals surface area contributed by atoms with Crippen LogP contribution in [0.4, 0.5) is 0 Å². The largest absolute Gasteiger partial charge is 0.450 e. The molecule has 0 radical (unpaired) electrons. The summed E-state index contributed by atoms with van der Waals surface area (Å²) >= 11 is 8.94. The van der Waals surface area contributed by atoms with Crippen molar-refractivity contribution in [2.24, 2.45) is 0 Å². The third kappa shape index (κ3) is 3.67. The van der Waals surface area contributed by atoms with Crippen LogP contribution in [0.1, 0.15) is 11.3 Å². The Kier molecular flexibility index (Phi) is 5.11. The van der Waals surface area contributed by atoms with Crippen molar-refractivity contribution in [3.8, 4) is 0 Å². The Hall–Kier alpha value is -0.860. The molecule has 21 heavy (non-hydrogen) atoms. The van der Waals surface area contributed by atoms with Crippen molar-refractivity contribution in [2.75, 3.05) is 7.05 Å². The third-order valence-corrected chi connectivity index (χ3v) is 5.74. The van der Waals surface area contributed by atoms with E-state index in [4.69, 9.17) is 21.1 Å². The van der Waals surface area contributed by atoms with Gasteiger partial charge in [-0.2, -0.15) is 4.31 Å². The maximum absolute atomic E-state index is 12.5. The van der Waals surface area contributed by atoms with Gasteiger partial charge in [-0.25, -0.2) is 8.42 Å². The Labute approximate surface area is 136 Å². The predicted molar refractivity (Wildman–Crippen MR) is 82.4 cm³/mol. The van der Waals surface area contributed by atoms with Gasteiger partial charge in [0, 0.05) is 24.7 Å². The highest BCUT2D eigenvalue weighted by Crippen LogP contribution is 2.29. The Morgan fingerprint density at radius 3 is 2.67 bits per heavy atom. The number of benzene rings is 1. The maximum atomic E-state index is 12.5. The number of hydrogen-bond acceptors (Lipinski definition) is 4. The van der Waals surface area contributed by atoms with Crippen molar-refractivity contribution in [3.05, 3.63) is 51.3 Å². The van der Waals surface area contributed by atoms with Crippen molar-refractivity contribution in [2.45, 2.75) is 18.0 Å². The molecule has 1 N–H and O–H groups in total. The standard InChI is InChI=1S/C13H13BrClNO4S/c1-16(7-9-3-2-4-10(15)5-9)21(18,19)12-6-11(8-17)20-13(12)14/h2-6,17H,7-8H2,1H3. The third-order valence-electron chi connectivity index (χ3n) is 2.84. The Bertz CT molecular complexity index is 744. The monoisotopic (exact) mass is 393 g/mol. The molecule has 1 aromatic carbocycles. The van der Waals surface area contributed by atoms with E-state index >= 15 is 0 Å². The van der Waals surface area contributed by atoms with Gasteiger partial charge in [0.2, 0.25) is 10.0 Å². The van der Waals surface area contributed by atoms with Crippen LogP contribution in [0.2, 0.25) is 5.02 Å². The molecule has 0 atom stereocenters. The topological polar surface area (TPSA) is 70.8 Å². The minimum absolute atomic E-state index is 0.0175. The highest BCUT2D eigenvalue weighted by atomic mass is 79.9. The van der Waals surface area contributed by atoms with Gasteiger partial charge in [-0.05, 0) is 33.6 Å². The first-order valence-corrected chi connectivity index (χ1v) is 8.55. The zero-order valence-corrected chi connectivity index (χ0v) is 14.2. The number of hydrogen-bond donors (Lipinski definition) is 1. The second kappa shape index (κ2) is 6.50. The van der Waals surface area contributed by atoms with Crippen LogP contribution in [0, 0.1) is 0 Å². The summed E-state index contributed by atoms with van der Waals surface area (Å²) in [6.07, 6.45) is 0. The second-order valence-electron chi connectivity index (χ2n) is 4.40. The molecule has 5 nitrogen and oxygen atoms in total. The van der Waals surface area contributed by atoms with Crippen LogP contribution < -0.4 is 0 Å². The first-order valence-electron chi connectivity index (χ1n) is 5.94. The van der Waals surface area contributed by atoms with E-state index in [9.17, 15) is 8.42 Å². The summed E-state index contributed by atoms with van der Waals surface area (Å²) in [7, 11) is -2.26. The van der Waals surface area contributed by atoms with Crippen LogP contribution >= 0.6 is 27.5 Å². The zero-order valence-electron chi connectivity index (χ0n) is 11.1. The van der Waals surface area contributed by atoms with Crippen LogP contribution in [0.25, 0.3) is 0 Å². The quantitative estimate of drug-likeness (QED) is 0.846. The number of aliphatic hydroxyl groups is 1. The molecule has 0 spiro atoms. The van der Waals surface area contributed by atoms with Gasteiger partial charge < -0.3 is 9.52 Å². The van der Waals surface area contributed by atoms with Crippen LogP contribution in [-0.2, 0) is 23.2 Å². The lowest BCUT2D eigenvalue weighted by atomic mass is 10.2. The van der Waals surface area contributed by atoms with Gasteiger partial charge >= 0.3 is 0 Å². The normalized spacial score (nSPS) is 12.0. The lowest BCUT2D eigenvalue weighted by molar-refractivity contribution is 0.245. The number of sulfonamides is 1. The fraction of sp³-hybridized carbons (Fsp3) is 0.231. The fourth-order valence-electron chi connectivity index (χ4n) is 1.80. The molecule has 2 rings (SSSR count). The molecule has 8 heteroatoms. The molecule has 1 aromatic heterocycles. The predicted octanol–water partition coefficient (Wildman–Crippen LogP) is 3.01. The molecule has 0 aliphatic carbocycles. The molecule has 0 aliphatic rings. The lowest BCUT2D eigenvalue weighted by Gasteiger charge is -2.16. The number of furan rings is 1. The molecule has 0 bridgehead atoms. The van der Waals surface area contributed by atoms with Crippen LogP contribution in [0.5, 0.6) is 0 Å². The van der Waals surface area contributed by atoms with Gasteiger partial charge in [-0.1, -0.05) is 23.7 Å². The summed E-state index contributed by atoms with van der Waals surface area (Å²) in [6, 6.07) is 8.28. The molecule has 114 valence electrons. The highest BCUT2D eigenvalue weighted by molar-refractivity contribution is 9.10. The van der Waals surface area contributed by atoms with E-state index in [-0.39, 0.29) is 28.5 Å². The van der Waals surface area contributed by atoms with Crippen molar-refractivity contribution < 1.29 is 17.9 Å². The summed E-state index contributed by atoms with van der Waals surface area (Å²) in [5.74, 6) is 0.177. The van der Waals surface area contributed by atoms with E-state index in [0.29, 0.717) is 5.02 Å². The fourth-order valence-corrected chi connectivity index (χ4v) is 4.13. The Morgan fingerprint density at radius 1 is 1.38 bits per heavy atom. The summed E-state index contributed by atoms with van der Waals surface area (Å²) in [4.78, 5) is -0.0175. The smallest absolute Gasteiger partial charge is 0.247 e. The molecule has 0 saturated heterocycles. The SMILES string of the molecule is CN(Cc1cccc(Cl)c1)S(=O)(=O)c1cc(CO)oc1Br. The molecular formula is C13H13BrClNO4S. The summed E-state index contributed by atoms with van der Waals surface area (Å²) in [6.45, 7) is -0.193. The Morgan fingerprint density at radius 2 is 2.10 bits per heavy atom. The average molecular weight is 395 g/mol.